The summed E-state index contributed by atoms with van der Waals surface area (Å²) in [5, 5.41) is 0. The molecule has 0 N–H and O–H groups in total. The fourth-order valence-electron chi connectivity index (χ4n) is 2.77. The normalized spacial score (nSPS) is 15.0. The third kappa shape index (κ3) is 3.06. The molecule has 0 radical (unpaired) electrons. The molecule has 2 heterocycles. The minimum Gasteiger partial charge on any atom is -0.323 e. The summed E-state index contributed by atoms with van der Waals surface area (Å²) in [5.41, 5.74) is 5.23. The maximum Gasteiger partial charge on any atom is 0.0525 e. The Balaban J connectivity index is 2.09. The summed E-state index contributed by atoms with van der Waals surface area (Å²) >= 11 is 1.80. The number of aromatic nitrogens is 1. The number of nitrogens with zero attached hydrogens (tertiary/aromatic N) is 2. The van der Waals surface area contributed by atoms with Crippen molar-refractivity contribution in [1.82, 2.24) is 9.47 Å². The lowest BCUT2D eigenvalue weighted by molar-refractivity contribution is 0.417. The fraction of sp³-hybridized carbons (Fsp3) is 0.263. The van der Waals surface area contributed by atoms with E-state index >= 15 is 0 Å². The van der Waals surface area contributed by atoms with Crippen molar-refractivity contribution in [3.05, 3.63) is 59.4 Å². The summed E-state index contributed by atoms with van der Waals surface area (Å²) in [5.74, 6) is 0. The number of fused-ring (bicyclic) bond motifs is 2. The van der Waals surface area contributed by atoms with Crippen molar-refractivity contribution in [1.29, 1.82) is 0 Å². The molecule has 0 atom stereocenters. The Morgan fingerprint density at radius 3 is 2.86 bits per heavy atom. The van der Waals surface area contributed by atoms with Crippen LogP contribution in [0.2, 0.25) is 0 Å². The molecule has 0 fully saturated rings. The topological polar surface area (TPSA) is 8.17 Å². The second-order valence-electron chi connectivity index (χ2n) is 5.78. The van der Waals surface area contributed by atoms with Gasteiger partial charge in [0.15, 0.2) is 0 Å². The zero-order chi connectivity index (χ0) is 15.5. The lowest BCUT2D eigenvalue weighted by Crippen LogP contribution is -2.12. The average Bonchev–Trinajstić information content (AvgIpc) is 2.92. The van der Waals surface area contributed by atoms with Gasteiger partial charge in [0.2, 0.25) is 0 Å². The molecule has 0 amide bonds. The minimum atomic E-state index is 1.05. The first-order valence-corrected chi connectivity index (χ1v) is 8.80. The van der Waals surface area contributed by atoms with Crippen LogP contribution in [0.4, 0.5) is 0 Å². The van der Waals surface area contributed by atoms with Crippen LogP contribution in [-0.4, -0.2) is 36.4 Å². The molecule has 3 rings (SSSR count). The van der Waals surface area contributed by atoms with Crippen molar-refractivity contribution in [3.8, 4) is 0 Å². The van der Waals surface area contributed by atoms with Crippen molar-refractivity contribution in [2.45, 2.75) is 11.3 Å². The number of rotatable bonds is 4. The molecule has 114 valence electrons. The van der Waals surface area contributed by atoms with Crippen LogP contribution in [0.25, 0.3) is 17.8 Å². The van der Waals surface area contributed by atoms with Crippen LogP contribution in [0, 0.1) is 0 Å². The van der Waals surface area contributed by atoms with Gasteiger partial charge < -0.3 is 9.47 Å². The highest BCUT2D eigenvalue weighted by Crippen LogP contribution is 2.33. The van der Waals surface area contributed by atoms with Gasteiger partial charge in [-0.15, -0.1) is 11.8 Å². The van der Waals surface area contributed by atoms with E-state index in [0.29, 0.717) is 0 Å². The quantitative estimate of drug-likeness (QED) is 0.654. The van der Waals surface area contributed by atoms with Crippen LogP contribution in [0.5, 0.6) is 0 Å². The Hall–Kier alpha value is -1.71. The molecule has 22 heavy (non-hydrogen) atoms. The largest absolute Gasteiger partial charge is 0.323 e. The van der Waals surface area contributed by atoms with E-state index < -0.39 is 0 Å². The molecule has 0 spiro atoms. The van der Waals surface area contributed by atoms with Gasteiger partial charge in [-0.2, -0.15) is 0 Å². The van der Waals surface area contributed by atoms with Crippen LogP contribution in [0.3, 0.4) is 0 Å². The molecule has 0 bridgehead atoms. The van der Waals surface area contributed by atoms with E-state index in [2.05, 4.69) is 84.7 Å². The zero-order valence-corrected chi connectivity index (χ0v) is 14.2. The van der Waals surface area contributed by atoms with E-state index in [9.17, 15) is 0 Å². The van der Waals surface area contributed by atoms with Gasteiger partial charge in [0.1, 0.15) is 0 Å². The van der Waals surface area contributed by atoms with Gasteiger partial charge in [0, 0.05) is 29.4 Å². The number of benzene rings is 1. The van der Waals surface area contributed by atoms with Crippen molar-refractivity contribution in [2.75, 3.05) is 26.9 Å². The predicted molar refractivity (Wildman–Crippen MR) is 98.1 cm³/mol. The molecule has 3 heteroatoms. The van der Waals surface area contributed by atoms with Gasteiger partial charge in [-0.1, -0.05) is 12.1 Å². The van der Waals surface area contributed by atoms with Crippen LogP contribution in [0.15, 0.2) is 47.5 Å². The van der Waals surface area contributed by atoms with Crippen molar-refractivity contribution in [3.63, 3.8) is 0 Å². The van der Waals surface area contributed by atoms with Gasteiger partial charge in [0.05, 0.1) is 5.69 Å². The van der Waals surface area contributed by atoms with Gasteiger partial charge in [-0.25, -0.2) is 0 Å². The second-order valence-corrected chi connectivity index (χ2v) is 6.66. The number of hydrogen-bond acceptors (Lipinski definition) is 2. The van der Waals surface area contributed by atoms with Crippen molar-refractivity contribution < 1.29 is 0 Å². The smallest absolute Gasteiger partial charge is 0.0525 e. The molecule has 0 saturated heterocycles. The minimum absolute atomic E-state index is 1.05. The summed E-state index contributed by atoms with van der Waals surface area (Å²) in [6, 6.07) is 11.1. The average molecular weight is 310 g/mol. The molecule has 1 aliphatic rings. The van der Waals surface area contributed by atoms with E-state index in [-0.39, 0.29) is 0 Å². The number of hydrogen-bond donors (Lipinski definition) is 0. The van der Waals surface area contributed by atoms with Gasteiger partial charge >= 0.3 is 0 Å². The van der Waals surface area contributed by atoms with Crippen LogP contribution in [0.1, 0.15) is 23.2 Å². The van der Waals surface area contributed by atoms with E-state index in [1.54, 1.807) is 11.8 Å². The monoisotopic (exact) mass is 310 g/mol. The maximum absolute atomic E-state index is 2.38. The molecular formula is C19H22N2S. The van der Waals surface area contributed by atoms with Crippen molar-refractivity contribution >= 4 is 29.6 Å². The number of thioether (sulfide) groups is 1. The first-order valence-electron chi connectivity index (χ1n) is 7.58. The van der Waals surface area contributed by atoms with Crippen molar-refractivity contribution in [2.24, 2.45) is 0 Å². The van der Waals surface area contributed by atoms with E-state index in [1.165, 1.54) is 27.3 Å². The molecule has 1 aliphatic heterocycles. The maximum atomic E-state index is 2.38. The Morgan fingerprint density at radius 2 is 2.09 bits per heavy atom. The van der Waals surface area contributed by atoms with E-state index in [0.717, 1.165) is 13.0 Å². The highest BCUT2D eigenvalue weighted by molar-refractivity contribution is 7.98. The third-order valence-corrected chi connectivity index (χ3v) is 4.67. The van der Waals surface area contributed by atoms with E-state index in [1.807, 2.05) is 0 Å². The Bertz CT molecular complexity index is 723. The lowest BCUT2D eigenvalue weighted by Gasteiger charge is -2.13. The van der Waals surface area contributed by atoms with E-state index in [4.69, 9.17) is 0 Å². The van der Waals surface area contributed by atoms with Crippen LogP contribution >= 0.6 is 11.8 Å². The summed E-state index contributed by atoms with van der Waals surface area (Å²) in [6.45, 7) is 1.06. The Kier molecular flexibility index (Phi) is 4.55. The molecule has 2 nitrogen and oxygen atoms in total. The van der Waals surface area contributed by atoms with Gasteiger partial charge in [-0.3, -0.25) is 0 Å². The van der Waals surface area contributed by atoms with Gasteiger partial charge in [-0.05, 0) is 68.2 Å². The van der Waals surface area contributed by atoms with Crippen LogP contribution in [-0.2, 0) is 0 Å². The Labute approximate surface area is 137 Å². The summed E-state index contributed by atoms with van der Waals surface area (Å²) in [4.78, 5) is 3.54. The predicted octanol–water partition coefficient (Wildman–Crippen LogP) is 4.53. The summed E-state index contributed by atoms with van der Waals surface area (Å²) < 4.78 is 2.21. The zero-order valence-electron chi connectivity index (χ0n) is 13.4. The summed E-state index contributed by atoms with van der Waals surface area (Å²) in [6.07, 6.45) is 12.0. The highest BCUT2D eigenvalue weighted by atomic mass is 32.2. The molecule has 1 aromatic carbocycles. The summed E-state index contributed by atoms with van der Waals surface area (Å²) in [7, 11) is 4.24. The lowest BCUT2D eigenvalue weighted by atomic mass is 9.97. The Morgan fingerprint density at radius 1 is 1.23 bits per heavy atom. The molecule has 1 aromatic heterocycles. The van der Waals surface area contributed by atoms with Gasteiger partial charge in [0.25, 0.3) is 0 Å². The standard InChI is InChI=1S/C19H22N2S/c1-20(2)11-4-6-17-18-14-16(22-3)9-8-15(18)10-13-21-12-5-7-19(17)21/h5-10,12-14H,4,11H2,1-3H3/b17-6+. The molecular weight excluding hydrogens is 288 g/mol. The molecule has 0 aliphatic carbocycles. The third-order valence-electron chi connectivity index (χ3n) is 3.94. The molecule has 0 saturated carbocycles. The first kappa shape index (κ1) is 15.2. The fourth-order valence-corrected chi connectivity index (χ4v) is 3.21. The SMILES string of the molecule is CSc1ccc2c(c1)/C(=C\CCN(C)C)c1cccn1C=C2. The molecule has 2 aromatic rings. The van der Waals surface area contributed by atoms with Crippen LogP contribution < -0.4 is 0 Å². The second kappa shape index (κ2) is 6.59. The first-order chi connectivity index (χ1) is 10.7. The highest BCUT2D eigenvalue weighted by Gasteiger charge is 2.15. The molecule has 0 unspecified atom stereocenters.